The Morgan fingerprint density at radius 2 is 0.962 bits per heavy atom. The molecule has 0 unspecified atom stereocenters. The van der Waals surface area contributed by atoms with Gasteiger partial charge in [-0.05, 0) is 45.2 Å². The Labute approximate surface area is 158 Å². The lowest BCUT2D eigenvalue weighted by Crippen LogP contribution is -2.16. The van der Waals surface area contributed by atoms with Crippen LogP contribution in [0.4, 0.5) is 0 Å². The van der Waals surface area contributed by atoms with Crippen LogP contribution >= 0.6 is 0 Å². The molecule has 0 aliphatic heterocycles. The summed E-state index contributed by atoms with van der Waals surface area (Å²) >= 11 is 0. The van der Waals surface area contributed by atoms with Crippen molar-refractivity contribution >= 4 is 12.2 Å². The molecule has 0 aliphatic rings. The number of benzene rings is 2. The molecule has 2 nitrogen and oxygen atoms in total. The highest BCUT2D eigenvalue weighted by Crippen LogP contribution is 2.31. The Balaban J connectivity index is 2.47. The standard InChI is InChI=1S/C24H32O2/c1-23(2,3)19-11-17(12-20(15-19)24(4,5)6)9-10-18-13-21(25-7)16-22(14-18)26-8/h9-16H,1-8H3/b10-9+. The molecule has 0 aromatic heterocycles. The first kappa shape index (κ1) is 20.1. The van der Waals surface area contributed by atoms with E-state index in [1.54, 1.807) is 14.2 Å². The zero-order valence-electron chi connectivity index (χ0n) is 17.4. The van der Waals surface area contributed by atoms with Crippen LogP contribution in [0.25, 0.3) is 12.2 Å². The minimum absolute atomic E-state index is 0.114. The molecular weight excluding hydrogens is 320 g/mol. The number of ether oxygens (including phenoxy) is 2. The molecular formula is C24H32O2. The fourth-order valence-corrected chi connectivity index (χ4v) is 2.73. The first-order valence-electron chi connectivity index (χ1n) is 9.10. The van der Waals surface area contributed by atoms with Gasteiger partial charge in [0.15, 0.2) is 0 Å². The summed E-state index contributed by atoms with van der Waals surface area (Å²) in [6.45, 7) is 13.6. The molecule has 0 amide bonds. The molecule has 0 bridgehead atoms. The van der Waals surface area contributed by atoms with Crippen LogP contribution in [0.3, 0.4) is 0 Å². The van der Waals surface area contributed by atoms with Crippen molar-refractivity contribution in [2.24, 2.45) is 0 Å². The topological polar surface area (TPSA) is 18.5 Å². The average Bonchev–Trinajstić information content (AvgIpc) is 2.57. The number of rotatable bonds is 4. The summed E-state index contributed by atoms with van der Waals surface area (Å²) in [4.78, 5) is 0. The van der Waals surface area contributed by atoms with Gasteiger partial charge in [0.25, 0.3) is 0 Å². The molecule has 0 atom stereocenters. The van der Waals surface area contributed by atoms with Crippen molar-refractivity contribution in [1.29, 1.82) is 0 Å². The highest BCUT2D eigenvalue weighted by atomic mass is 16.5. The minimum Gasteiger partial charge on any atom is -0.497 e. The Bertz CT molecular complexity index is 732. The summed E-state index contributed by atoms with van der Waals surface area (Å²) in [5.74, 6) is 1.59. The summed E-state index contributed by atoms with van der Waals surface area (Å²) in [5, 5.41) is 0. The Morgan fingerprint density at radius 1 is 0.577 bits per heavy atom. The van der Waals surface area contributed by atoms with Crippen molar-refractivity contribution in [2.45, 2.75) is 52.4 Å². The van der Waals surface area contributed by atoms with E-state index in [-0.39, 0.29) is 10.8 Å². The summed E-state index contributed by atoms with van der Waals surface area (Å²) in [6, 6.07) is 12.8. The van der Waals surface area contributed by atoms with Gasteiger partial charge in [0, 0.05) is 6.07 Å². The van der Waals surface area contributed by atoms with Crippen LogP contribution in [0.2, 0.25) is 0 Å². The van der Waals surface area contributed by atoms with E-state index in [0.717, 1.165) is 17.1 Å². The van der Waals surface area contributed by atoms with Crippen molar-refractivity contribution in [3.63, 3.8) is 0 Å². The number of methoxy groups -OCH3 is 2. The van der Waals surface area contributed by atoms with Crippen molar-refractivity contribution in [3.05, 3.63) is 58.7 Å². The van der Waals surface area contributed by atoms with E-state index in [0.29, 0.717) is 0 Å². The van der Waals surface area contributed by atoms with E-state index < -0.39 is 0 Å². The highest BCUT2D eigenvalue weighted by molar-refractivity contribution is 5.72. The molecule has 0 heterocycles. The fourth-order valence-electron chi connectivity index (χ4n) is 2.73. The third-order valence-electron chi connectivity index (χ3n) is 4.53. The largest absolute Gasteiger partial charge is 0.497 e. The molecule has 26 heavy (non-hydrogen) atoms. The van der Waals surface area contributed by atoms with E-state index in [2.05, 4.69) is 71.9 Å². The molecule has 0 radical (unpaired) electrons. The zero-order valence-corrected chi connectivity index (χ0v) is 17.4. The van der Waals surface area contributed by atoms with Crippen LogP contribution in [0, 0.1) is 0 Å². The third-order valence-corrected chi connectivity index (χ3v) is 4.53. The van der Waals surface area contributed by atoms with Crippen molar-refractivity contribution < 1.29 is 9.47 Å². The van der Waals surface area contributed by atoms with Crippen LogP contribution in [0.1, 0.15) is 63.8 Å². The van der Waals surface area contributed by atoms with Crippen LogP contribution in [-0.2, 0) is 10.8 Å². The molecule has 140 valence electrons. The van der Waals surface area contributed by atoms with Crippen LogP contribution in [0.15, 0.2) is 36.4 Å². The number of hydrogen-bond donors (Lipinski definition) is 0. The second-order valence-corrected chi connectivity index (χ2v) is 8.82. The van der Waals surface area contributed by atoms with Crippen molar-refractivity contribution in [3.8, 4) is 11.5 Å². The molecule has 0 saturated heterocycles. The normalized spacial score (nSPS) is 12.5. The van der Waals surface area contributed by atoms with Gasteiger partial charge in [-0.1, -0.05) is 71.9 Å². The fraction of sp³-hybridized carbons (Fsp3) is 0.417. The summed E-state index contributed by atoms with van der Waals surface area (Å²) in [7, 11) is 3.34. The second-order valence-electron chi connectivity index (χ2n) is 8.82. The first-order chi connectivity index (χ1) is 12.0. The molecule has 0 N–H and O–H groups in total. The van der Waals surface area contributed by atoms with Gasteiger partial charge in [-0.25, -0.2) is 0 Å². The molecule has 2 aromatic rings. The summed E-state index contributed by atoms with van der Waals surface area (Å²) < 4.78 is 10.7. The molecule has 0 spiro atoms. The second kappa shape index (κ2) is 7.57. The van der Waals surface area contributed by atoms with Gasteiger partial charge in [-0.3, -0.25) is 0 Å². The van der Waals surface area contributed by atoms with Gasteiger partial charge < -0.3 is 9.47 Å². The first-order valence-corrected chi connectivity index (χ1v) is 9.10. The quantitative estimate of drug-likeness (QED) is 0.587. The average molecular weight is 353 g/mol. The molecule has 2 rings (SSSR count). The molecule has 0 fully saturated rings. The zero-order chi connectivity index (χ0) is 19.5. The lowest BCUT2D eigenvalue weighted by Gasteiger charge is -2.25. The molecule has 0 aliphatic carbocycles. The van der Waals surface area contributed by atoms with E-state index in [1.165, 1.54) is 16.7 Å². The molecule has 2 heteroatoms. The summed E-state index contributed by atoms with van der Waals surface area (Å²) in [6.07, 6.45) is 4.28. The van der Waals surface area contributed by atoms with Gasteiger partial charge in [0.1, 0.15) is 11.5 Å². The molecule has 0 saturated carbocycles. The van der Waals surface area contributed by atoms with E-state index in [1.807, 2.05) is 18.2 Å². The lowest BCUT2D eigenvalue weighted by molar-refractivity contribution is 0.394. The highest BCUT2D eigenvalue weighted by Gasteiger charge is 2.19. The van der Waals surface area contributed by atoms with E-state index >= 15 is 0 Å². The van der Waals surface area contributed by atoms with Crippen LogP contribution < -0.4 is 9.47 Å². The maximum Gasteiger partial charge on any atom is 0.123 e. The van der Waals surface area contributed by atoms with Crippen molar-refractivity contribution in [1.82, 2.24) is 0 Å². The van der Waals surface area contributed by atoms with E-state index in [9.17, 15) is 0 Å². The van der Waals surface area contributed by atoms with Gasteiger partial charge in [0.2, 0.25) is 0 Å². The van der Waals surface area contributed by atoms with Crippen molar-refractivity contribution in [2.75, 3.05) is 14.2 Å². The summed E-state index contributed by atoms with van der Waals surface area (Å²) in [5.41, 5.74) is 5.20. The predicted octanol–water partition coefficient (Wildman–Crippen LogP) is 6.47. The monoisotopic (exact) mass is 352 g/mol. The maximum absolute atomic E-state index is 5.36. The predicted molar refractivity (Wildman–Crippen MR) is 112 cm³/mol. The molecule has 2 aromatic carbocycles. The Hall–Kier alpha value is -2.22. The van der Waals surface area contributed by atoms with Crippen LogP contribution in [-0.4, -0.2) is 14.2 Å². The maximum atomic E-state index is 5.36. The van der Waals surface area contributed by atoms with Gasteiger partial charge in [0.05, 0.1) is 14.2 Å². The minimum atomic E-state index is 0.114. The van der Waals surface area contributed by atoms with Gasteiger partial charge in [-0.2, -0.15) is 0 Å². The SMILES string of the molecule is COc1cc(/C=C/c2cc(C(C)(C)C)cc(C(C)(C)C)c2)cc(OC)c1. The van der Waals surface area contributed by atoms with E-state index in [4.69, 9.17) is 9.47 Å². The third kappa shape index (κ3) is 5.14. The lowest BCUT2D eigenvalue weighted by atomic mass is 9.79. The van der Waals surface area contributed by atoms with Gasteiger partial charge >= 0.3 is 0 Å². The number of hydrogen-bond acceptors (Lipinski definition) is 2. The Morgan fingerprint density at radius 3 is 1.31 bits per heavy atom. The smallest absolute Gasteiger partial charge is 0.123 e. The van der Waals surface area contributed by atoms with Gasteiger partial charge in [-0.15, -0.1) is 0 Å². The Kier molecular flexibility index (Phi) is 5.85. The van der Waals surface area contributed by atoms with Crippen LogP contribution in [0.5, 0.6) is 11.5 Å².